The maximum absolute atomic E-state index is 5.02. The van der Waals surface area contributed by atoms with Crippen molar-refractivity contribution in [1.82, 2.24) is 15.0 Å². The van der Waals surface area contributed by atoms with Crippen LogP contribution >= 0.6 is 0 Å². The van der Waals surface area contributed by atoms with Gasteiger partial charge in [-0.1, -0.05) is 261 Å². The van der Waals surface area contributed by atoms with Crippen LogP contribution in [0.5, 0.6) is 0 Å². The molecule has 1 aromatic heterocycles. The molecular formula is C69H50N3Si2W-3. The molecule has 0 spiro atoms. The van der Waals surface area contributed by atoms with Crippen LogP contribution in [0.1, 0.15) is 0 Å². The molecule has 0 unspecified atom stereocenters. The van der Waals surface area contributed by atoms with Crippen LogP contribution < -0.4 is 41.5 Å². The monoisotopic (exact) mass is 1160 g/mol. The topological polar surface area (TPSA) is 38.7 Å². The largest absolute Gasteiger partial charge is 0.348 e. The molecule has 0 aliphatic heterocycles. The van der Waals surface area contributed by atoms with Crippen molar-refractivity contribution in [3.63, 3.8) is 0 Å². The summed E-state index contributed by atoms with van der Waals surface area (Å²) in [5, 5.41) is 10.6. The molecule has 75 heavy (non-hydrogen) atoms. The summed E-state index contributed by atoms with van der Waals surface area (Å²) in [6.07, 6.45) is 2.93. The number of hydrogen-bond acceptors (Lipinski definition) is 3. The molecule has 1 heterocycles. The molecule has 0 aliphatic rings. The average molecular weight is 1160 g/mol. The van der Waals surface area contributed by atoms with E-state index in [-0.39, 0.29) is 21.1 Å². The Morgan fingerprint density at radius 1 is 0.253 bits per heavy atom. The Morgan fingerprint density at radius 2 is 0.573 bits per heavy atom. The molecule has 12 rings (SSSR count). The standard InChI is InChI=1S/C51H38N3Si2.C18H12.W/c1-7-19-42(20-8-1)55(43-21-9-2-10-22-43,44-23-11-3-12-24-44)48-35-31-40(32-36-48)50-52-39-53-51(54-50)41-33-37-49(38-34-41)56(45-25-13-4-14-26-45,46-27-15-5-16-28-46)47-29-17-6-18-30-47;1-3-8-15(9-4-1)17-12-7-13-18(14-17)16-10-5-2-6-11-16;/h1-38H;1-10,12,14H;/q-1;-2;. The normalized spacial score (nSPS) is 11.1. The van der Waals surface area contributed by atoms with Gasteiger partial charge in [0.15, 0.2) is 16.1 Å². The van der Waals surface area contributed by atoms with E-state index in [0.29, 0.717) is 11.6 Å². The van der Waals surface area contributed by atoms with Crippen molar-refractivity contribution < 1.29 is 21.1 Å². The van der Waals surface area contributed by atoms with Gasteiger partial charge in [0.2, 0.25) is 0 Å². The van der Waals surface area contributed by atoms with Gasteiger partial charge in [-0.15, -0.1) is 17.7 Å². The smallest absolute Gasteiger partial charge is 0.179 e. The molecule has 12 aromatic rings. The van der Waals surface area contributed by atoms with Gasteiger partial charge in [0.1, 0.15) is 0 Å². The minimum Gasteiger partial charge on any atom is -0.348 e. The minimum atomic E-state index is -2.64. The first-order chi connectivity index (χ1) is 36.7. The molecule has 0 bridgehead atoms. The number of aromatic nitrogens is 3. The Morgan fingerprint density at radius 3 is 0.920 bits per heavy atom. The van der Waals surface area contributed by atoms with Crippen molar-refractivity contribution in [2.45, 2.75) is 0 Å². The molecule has 0 fully saturated rings. The predicted molar refractivity (Wildman–Crippen MR) is 312 cm³/mol. The molecule has 0 saturated carbocycles. The van der Waals surface area contributed by atoms with Gasteiger partial charge in [0.05, 0.1) is 0 Å². The average Bonchev–Trinajstić information content (AvgIpc) is 3.50. The second-order valence-electron chi connectivity index (χ2n) is 18.1. The number of rotatable bonds is 12. The van der Waals surface area contributed by atoms with E-state index in [1.165, 1.54) is 52.6 Å². The Kier molecular flexibility index (Phi) is 15.8. The molecule has 11 aromatic carbocycles. The van der Waals surface area contributed by atoms with Gasteiger partial charge in [0, 0.05) is 39.0 Å². The van der Waals surface area contributed by atoms with Gasteiger partial charge < -0.3 is 15.0 Å². The fraction of sp³-hybridized carbons (Fsp3) is 0. The molecule has 0 atom stereocenters. The van der Waals surface area contributed by atoms with Gasteiger partial charge in [0.25, 0.3) is 0 Å². The Balaban J connectivity index is 0.000000284. The summed E-state index contributed by atoms with van der Waals surface area (Å²) in [6.45, 7) is 0. The molecule has 358 valence electrons. The molecule has 0 amide bonds. The summed E-state index contributed by atoms with van der Waals surface area (Å²) in [5.74, 6) is 1.19. The van der Waals surface area contributed by atoms with Crippen LogP contribution in [-0.4, -0.2) is 31.1 Å². The molecule has 0 aliphatic carbocycles. The maximum atomic E-state index is 5.02. The van der Waals surface area contributed by atoms with Gasteiger partial charge in [-0.2, -0.15) is 42.5 Å². The van der Waals surface area contributed by atoms with Crippen molar-refractivity contribution in [2.24, 2.45) is 0 Å². The zero-order valence-electron chi connectivity index (χ0n) is 41.1. The summed E-state index contributed by atoms with van der Waals surface area (Å²) in [5.41, 5.74) is 6.44. The van der Waals surface area contributed by atoms with E-state index in [0.717, 1.165) is 22.3 Å². The van der Waals surface area contributed by atoms with Crippen molar-refractivity contribution in [2.75, 3.05) is 0 Å². The minimum absolute atomic E-state index is 0. The Bertz CT molecular complexity index is 3240. The second kappa shape index (κ2) is 23.6. The summed E-state index contributed by atoms with van der Waals surface area (Å²) in [4.78, 5) is 14.1. The van der Waals surface area contributed by atoms with Gasteiger partial charge in [-0.05, 0) is 58.2 Å². The van der Waals surface area contributed by atoms with E-state index in [1.807, 2.05) is 30.3 Å². The van der Waals surface area contributed by atoms with Gasteiger partial charge in [-0.25, -0.2) is 11.1 Å². The van der Waals surface area contributed by atoms with Crippen molar-refractivity contribution in [1.29, 1.82) is 0 Å². The first-order valence-corrected chi connectivity index (χ1v) is 28.9. The van der Waals surface area contributed by atoms with Gasteiger partial charge >= 0.3 is 0 Å². The molecular weight excluding hydrogens is 1110 g/mol. The summed E-state index contributed by atoms with van der Waals surface area (Å²) in [6, 6.07) is 115. The van der Waals surface area contributed by atoms with Crippen LogP contribution in [0.2, 0.25) is 0 Å². The van der Waals surface area contributed by atoms with Crippen molar-refractivity contribution >= 4 is 57.6 Å². The maximum Gasteiger partial charge on any atom is 0.179 e. The Labute approximate surface area is 457 Å². The first kappa shape index (κ1) is 50.1. The number of nitrogens with zero attached hydrogens (tertiary/aromatic N) is 3. The molecule has 0 N–H and O–H groups in total. The zero-order valence-corrected chi connectivity index (χ0v) is 46.1. The third-order valence-electron chi connectivity index (χ3n) is 13.8. The van der Waals surface area contributed by atoms with Crippen LogP contribution in [0.25, 0.3) is 45.0 Å². The van der Waals surface area contributed by atoms with E-state index < -0.39 is 16.1 Å². The molecule has 0 radical (unpaired) electrons. The fourth-order valence-electron chi connectivity index (χ4n) is 10.4. The van der Waals surface area contributed by atoms with Gasteiger partial charge in [-0.3, -0.25) is 0 Å². The first-order valence-electron chi connectivity index (χ1n) is 24.9. The number of hydrogen-bond donors (Lipinski definition) is 0. The van der Waals surface area contributed by atoms with Crippen LogP contribution in [0.4, 0.5) is 0 Å². The van der Waals surface area contributed by atoms with E-state index in [2.05, 4.69) is 301 Å². The van der Waals surface area contributed by atoms with E-state index in [1.54, 1.807) is 0 Å². The van der Waals surface area contributed by atoms with E-state index in [9.17, 15) is 0 Å². The van der Waals surface area contributed by atoms with Crippen molar-refractivity contribution in [3.05, 3.63) is 322 Å². The van der Waals surface area contributed by atoms with E-state index in [4.69, 9.17) is 4.98 Å². The van der Waals surface area contributed by atoms with Crippen LogP contribution in [-0.2, 0) is 21.1 Å². The fourth-order valence-corrected chi connectivity index (χ4v) is 19.9. The third kappa shape index (κ3) is 10.4. The van der Waals surface area contributed by atoms with E-state index >= 15 is 0 Å². The van der Waals surface area contributed by atoms with Crippen LogP contribution in [0.3, 0.4) is 0 Å². The summed E-state index contributed by atoms with van der Waals surface area (Å²) >= 11 is 0. The molecule has 6 heteroatoms. The summed E-state index contributed by atoms with van der Waals surface area (Å²) < 4.78 is 0. The van der Waals surface area contributed by atoms with Crippen LogP contribution in [0.15, 0.2) is 303 Å². The molecule has 3 nitrogen and oxygen atoms in total. The zero-order chi connectivity index (χ0) is 49.8. The molecule has 0 saturated heterocycles. The third-order valence-corrected chi connectivity index (χ3v) is 23.4. The number of benzene rings is 11. The summed E-state index contributed by atoms with van der Waals surface area (Å²) in [7, 11) is -5.28. The second-order valence-corrected chi connectivity index (χ2v) is 25.7. The quantitative estimate of drug-likeness (QED) is 0.0695. The van der Waals surface area contributed by atoms with Crippen LogP contribution in [0, 0.1) is 18.5 Å². The SMILES string of the molecule is [W].[c-]1ccccc1-c1[c-]ccc(-c2ccccc2)c1.[c-]1nc(-c2ccc([Si](c3ccccc3)(c3ccccc3)c3ccccc3)cc2)nc(-c2ccc([Si](c3ccccc3)(c3ccccc3)c3ccccc3)cc2)n1. The Hall–Kier alpha value is -8.45. The predicted octanol–water partition coefficient (Wildman–Crippen LogP) is 10.4. The van der Waals surface area contributed by atoms with Crippen molar-refractivity contribution in [3.8, 4) is 45.0 Å².